The zero-order valence-corrected chi connectivity index (χ0v) is 12.8. The first-order chi connectivity index (χ1) is 10.8. The van der Waals surface area contributed by atoms with Crippen LogP contribution in [0.3, 0.4) is 0 Å². The highest BCUT2D eigenvalue weighted by atomic mass is 16.6. The predicted molar refractivity (Wildman–Crippen MR) is 75.3 cm³/mol. The molecule has 0 unspecified atom stereocenters. The van der Waals surface area contributed by atoms with Crippen LogP contribution in [0, 0.1) is 5.92 Å². The van der Waals surface area contributed by atoms with Gasteiger partial charge in [0.15, 0.2) is 0 Å². The van der Waals surface area contributed by atoms with Crippen molar-refractivity contribution < 1.29 is 45.2 Å². The van der Waals surface area contributed by atoms with Crippen molar-refractivity contribution in [2.45, 2.75) is 68.3 Å². The maximum atomic E-state index is 9.95. The smallest absolute Gasteiger partial charge is 0.111 e. The van der Waals surface area contributed by atoms with Gasteiger partial charge < -0.3 is 45.2 Å². The first-order valence-corrected chi connectivity index (χ1v) is 7.74. The molecule has 0 amide bonds. The fourth-order valence-corrected chi connectivity index (χ4v) is 3.12. The molecule has 2 fully saturated rings. The normalized spacial score (nSPS) is 51.7. The highest BCUT2D eigenvalue weighted by Gasteiger charge is 2.45. The van der Waals surface area contributed by atoms with Crippen molar-refractivity contribution in [3.63, 3.8) is 0 Å². The second kappa shape index (κ2) is 7.68. The van der Waals surface area contributed by atoms with Crippen molar-refractivity contribution in [3.8, 4) is 0 Å². The van der Waals surface area contributed by atoms with E-state index in [2.05, 4.69) is 0 Å². The molecular weight excluding hydrogens is 312 g/mol. The minimum atomic E-state index is -1.45. The Labute approximate surface area is 133 Å². The molecule has 0 aromatic carbocycles. The second-order valence-electron chi connectivity index (χ2n) is 6.37. The van der Waals surface area contributed by atoms with Gasteiger partial charge in [-0.25, -0.2) is 0 Å². The van der Waals surface area contributed by atoms with Gasteiger partial charge in [-0.05, 0) is 13.3 Å². The second-order valence-corrected chi connectivity index (χ2v) is 6.37. The Bertz CT molecular complexity index is 379. The van der Waals surface area contributed by atoms with E-state index in [0.717, 1.165) is 0 Å². The molecule has 0 radical (unpaired) electrons. The van der Waals surface area contributed by atoms with Crippen LogP contribution in [0.25, 0.3) is 0 Å². The van der Waals surface area contributed by atoms with Crippen LogP contribution in [0.2, 0.25) is 0 Å². The Morgan fingerprint density at radius 3 is 2.09 bits per heavy atom. The van der Waals surface area contributed by atoms with E-state index in [-0.39, 0.29) is 19.6 Å². The van der Waals surface area contributed by atoms with Crippen LogP contribution in [0.1, 0.15) is 13.3 Å². The van der Waals surface area contributed by atoms with Crippen molar-refractivity contribution in [2.24, 2.45) is 5.92 Å². The van der Waals surface area contributed by atoms with E-state index in [1.165, 1.54) is 0 Å². The number of aliphatic hydroxyl groups is 7. The summed E-state index contributed by atoms with van der Waals surface area (Å²) in [4.78, 5) is 0. The standard InChI is InChI=1S/C14H26O9/c1-5-9(16)13(20)12(19)8(23-5)4-22-7-2-6(3-15)10(17)14(21)11(7)18/h5-21H,2-4H2,1H3/t5-,6+,7+,8+,9-,10-,11-,12-,13+,14-/m0/s1. The summed E-state index contributed by atoms with van der Waals surface area (Å²) in [7, 11) is 0. The minimum Gasteiger partial charge on any atom is -0.396 e. The molecule has 0 aromatic rings. The maximum absolute atomic E-state index is 9.95. The Balaban J connectivity index is 1.94. The molecule has 136 valence electrons. The monoisotopic (exact) mass is 338 g/mol. The summed E-state index contributed by atoms with van der Waals surface area (Å²) in [5.74, 6) is -0.637. The molecule has 1 heterocycles. The number of hydrogen-bond donors (Lipinski definition) is 7. The molecular formula is C14H26O9. The van der Waals surface area contributed by atoms with Gasteiger partial charge in [-0.2, -0.15) is 0 Å². The van der Waals surface area contributed by atoms with Crippen molar-refractivity contribution in [1.82, 2.24) is 0 Å². The topological polar surface area (TPSA) is 160 Å². The van der Waals surface area contributed by atoms with Crippen molar-refractivity contribution in [2.75, 3.05) is 13.2 Å². The summed E-state index contributed by atoms with van der Waals surface area (Å²) in [6.07, 6.45) is -10.3. The molecule has 10 atom stereocenters. The summed E-state index contributed by atoms with van der Waals surface area (Å²) in [5, 5.41) is 67.9. The summed E-state index contributed by atoms with van der Waals surface area (Å²) in [6, 6.07) is 0. The van der Waals surface area contributed by atoms with Crippen LogP contribution in [0.5, 0.6) is 0 Å². The highest BCUT2D eigenvalue weighted by molar-refractivity contribution is 4.94. The average Bonchev–Trinajstić information content (AvgIpc) is 2.54. The van der Waals surface area contributed by atoms with E-state index >= 15 is 0 Å². The predicted octanol–water partition coefficient (Wildman–Crippen LogP) is -3.66. The van der Waals surface area contributed by atoms with Crippen LogP contribution in [-0.4, -0.2) is 104 Å². The molecule has 9 heteroatoms. The first kappa shape index (κ1) is 19.0. The lowest BCUT2D eigenvalue weighted by atomic mass is 9.81. The quantitative estimate of drug-likeness (QED) is 0.274. The highest BCUT2D eigenvalue weighted by Crippen LogP contribution is 2.29. The number of aliphatic hydroxyl groups excluding tert-OH is 7. The van der Waals surface area contributed by atoms with Crippen LogP contribution < -0.4 is 0 Å². The van der Waals surface area contributed by atoms with Gasteiger partial charge in [0.25, 0.3) is 0 Å². The lowest BCUT2D eigenvalue weighted by Crippen LogP contribution is -2.59. The Hall–Kier alpha value is -0.360. The van der Waals surface area contributed by atoms with Crippen molar-refractivity contribution in [3.05, 3.63) is 0 Å². The van der Waals surface area contributed by atoms with E-state index in [0.29, 0.717) is 0 Å². The molecule has 1 aliphatic heterocycles. The zero-order valence-electron chi connectivity index (χ0n) is 12.8. The fourth-order valence-electron chi connectivity index (χ4n) is 3.12. The van der Waals surface area contributed by atoms with Crippen LogP contribution >= 0.6 is 0 Å². The van der Waals surface area contributed by atoms with Gasteiger partial charge in [0.05, 0.1) is 24.9 Å². The van der Waals surface area contributed by atoms with Gasteiger partial charge in [-0.15, -0.1) is 0 Å². The van der Waals surface area contributed by atoms with Gasteiger partial charge in [-0.3, -0.25) is 0 Å². The summed E-state index contributed by atoms with van der Waals surface area (Å²) < 4.78 is 10.9. The van der Waals surface area contributed by atoms with Gasteiger partial charge in [-0.1, -0.05) is 0 Å². The minimum absolute atomic E-state index is 0.124. The zero-order chi connectivity index (χ0) is 17.3. The first-order valence-electron chi connectivity index (χ1n) is 7.74. The van der Waals surface area contributed by atoms with Crippen LogP contribution in [0.15, 0.2) is 0 Å². The number of hydrogen-bond acceptors (Lipinski definition) is 9. The fraction of sp³-hybridized carbons (Fsp3) is 1.00. The third-order valence-electron chi connectivity index (χ3n) is 4.76. The van der Waals surface area contributed by atoms with Gasteiger partial charge >= 0.3 is 0 Å². The summed E-state index contributed by atoms with van der Waals surface area (Å²) in [6.45, 7) is 0.997. The Morgan fingerprint density at radius 2 is 1.48 bits per heavy atom. The molecule has 9 nitrogen and oxygen atoms in total. The average molecular weight is 338 g/mol. The molecule has 0 spiro atoms. The van der Waals surface area contributed by atoms with Crippen molar-refractivity contribution in [1.29, 1.82) is 0 Å². The Kier molecular flexibility index (Phi) is 6.34. The molecule has 1 saturated heterocycles. The molecule has 1 aliphatic carbocycles. The van der Waals surface area contributed by atoms with Crippen molar-refractivity contribution >= 4 is 0 Å². The van der Waals surface area contributed by atoms with E-state index in [1.54, 1.807) is 6.92 Å². The lowest BCUT2D eigenvalue weighted by molar-refractivity contribution is -0.241. The van der Waals surface area contributed by atoms with E-state index < -0.39 is 60.9 Å². The van der Waals surface area contributed by atoms with E-state index in [9.17, 15) is 35.7 Å². The molecule has 2 rings (SSSR count). The third kappa shape index (κ3) is 3.84. The molecule has 23 heavy (non-hydrogen) atoms. The SMILES string of the molecule is C[C@@H]1O[C@H](CO[C@@H]2C[C@H](CO)[C@H](O)[C@H](O)[C@H]2O)[C@H](O)[C@H](O)[C@H]1O. The van der Waals surface area contributed by atoms with Gasteiger partial charge in [0, 0.05) is 12.5 Å². The molecule has 1 saturated carbocycles. The van der Waals surface area contributed by atoms with E-state index in [4.69, 9.17) is 9.47 Å². The third-order valence-corrected chi connectivity index (χ3v) is 4.76. The van der Waals surface area contributed by atoms with E-state index in [1.807, 2.05) is 0 Å². The number of ether oxygens (including phenoxy) is 2. The van der Waals surface area contributed by atoms with Gasteiger partial charge in [0.2, 0.25) is 0 Å². The largest absolute Gasteiger partial charge is 0.396 e. The molecule has 2 aliphatic rings. The number of rotatable bonds is 4. The summed E-state index contributed by atoms with van der Waals surface area (Å²) in [5.41, 5.74) is 0. The maximum Gasteiger partial charge on any atom is 0.111 e. The van der Waals surface area contributed by atoms with Crippen LogP contribution in [-0.2, 0) is 9.47 Å². The Morgan fingerprint density at radius 1 is 0.870 bits per heavy atom. The lowest BCUT2D eigenvalue weighted by Gasteiger charge is -2.42. The summed E-state index contributed by atoms with van der Waals surface area (Å²) >= 11 is 0. The van der Waals surface area contributed by atoms with Crippen LogP contribution in [0.4, 0.5) is 0 Å². The molecule has 0 bridgehead atoms. The molecule has 0 aromatic heterocycles. The van der Waals surface area contributed by atoms with Gasteiger partial charge in [0.1, 0.15) is 36.6 Å². The molecule has 7 N–H and O–H groups in total.